The zero-order valence-electron chi connectivity index (χ0n) is 12.0. The SMILES string of the molecule is CCc1ccccc1-c1c(C#N)c(N)nc2c1COCC2. The molecule has 0 radical (unpaired) electrons. The third-order valence-electron chi connectivity index (χ3n) is 3.92. The van der Waals surface area contributed by atoms with E-state index in [2.05, 4.69) is 24.0 Å². The second kappa shape index (κ2) is 5.55. The van der Waals surface area contributed by atoms with E-state index in [-0.39, 0.29) is 0 Å². The number of ether oxygens (including phenoxy) is 1. The third-order valence-corrected chi connectivity index (χ3v) is 3.92. The Labute approximate surface area is 124 Å². The number of nitriles is 1. The number of nitrogens with zero attached hydrogens (tertiary/aromatic N) is 2. The van der Waals surface area contributed by atoms with Crippen LogP contribution in [-0.2, 0) is 24.2 Å². The van der Waals surface area contributed by atoms with Crippen molar-refractivity contribution in [2.45, 2.75) is 26.4 Å². The number of benzene rings is 1. The summed E-state index contributed by atoms with van der Waals surface area (Å²) in [6.45, 7) is 3.25. The Hall–Kier alpha value is -2.38. The second-order valence-electron chi connectivity index (χ2n) is 5.10. The molecule has 0 saturated carbocycles. The minimum Gasteiger partial charge on any atom is -0.383 e. The highest BCUT2D eigenvalue weighted by Crippen LogP contribution is 2.36. The lowest BCUT2D eigenvalue weighted by Crippen LogP contribution is -2.16. The van der Waals surface area contributed by atoms with E-state index in [4.69, 9.17) is 10.5 Å². The summed E-state index contributed by atoms with van der Waals surface area (Å²) in [5, 5.41) is 9.51. The number of pyridine rings is 1. The van der Waals surface area contributed by atoms with Crippen LogP contribution in [0.25, 0.3) is 11.1 Å². The lowest BCUT2D eigenvalue weighted by atomic mass is 9.89. The van der Waals surface area contributed by atoms with Crippen LogP contribution < -0.4 is 5.73 Å². The number of rotatable bonds is 2. The molecular formula is C17H17N3O. The molecule has 1 aliphatic rings. The zero-order valence-corrected chi connectivity index (χ0v) is 12.0. The van der Waals surface area contributed by atoms with E-state index in [1.807, 2.05) is 18.2 Å². The number of hydrogen-bond donors (Lipinski definition) is 1. The van der Waals surface area contributed by atoms with Crippen molar-refractivity contribution >= 4 is 5.82 Å². The van der Waals surface area contributed by atoms with Gasteiger partial charge in [-0.25, -0.2) is 4.98 Å². The lowest BCUT2D eigenvalue weighted by molar-refractivity contribution is 0.109. The molecular weight excluding hydrogens is 262 g/mol. The molecule has 2 N–H and O–H groups in total. The van der Waals surface area contributed by atoms with Crippen molar-refractivity contribution in [1.29, 1.82) is 5.26 Å². The maximum atomic E-state index is 9.51. The van der Waals surface area contributed by atoms with Gasteiger partial charge in [0.15, 0.2) is 0 Å². The molecule has 2 heterocycles. The summed E-state index contributed by atoms with van der Waals surface area (Å²) in [7, 11) is 0. The van der Waals surface area contributed by atoms with Crippen LogP contribution in [0.1, 0.15) is 29.3 Å². The molecule has 1 aromatic carbocycles. The maximum Gasteiger partial charge on any atom is 0.142 e. The monoisotopic (exact) mass is 279 g/mol. The van der Waals surface area contributed by atoms with Gasteiger partial charge in [0.25, 0.3) is 0 Å². The molecule has 2 aromatic rings. The van der Waals surface area contributed by atoms with Crippen LogP contribution in [0, 0.1) is 11.3 Å². The summed E-state index contributed by atoms with van der Waals surface area (Å²) in [4.78, 5) is 4.40. The largest absolute Gasteiger partial charge is 0.383 e. The predicted octanol–water partition coefficient (Wildman–Crippen LogP) is 2.84. The van der Waals surface area contributed by atoms with E-state index in [0.717, 1.165) is 35.2 Å². The van der Waals surface area contributed by atoms with E-state index in [0.29, 0.717) is 24.6 Å². The fourth-order valence-corrected chi connectivity index (χ4v) is 2.88. The Kier molecular flexibility index (Phi) is 3.59. The summed E-state index contributed by atoms with van der Waals surface area (Å²) in [6.07, 6.45) is 1.64. The molecule has 1 aromatic heterocycles. The van der Waals surface area contributed by atoms with Crippen molar-refractivity contribution in [1.82, 2.24) is 4.98 Å². The first-order chi connectivity index (χ1) is 10.3. The summed E-state index contributed by atoms with van der Waals surface area (Å²) in [5.41, 5.74) is 11.6. The normalized spacial score (nSPS) is 13.5. The summed E-state index contributed by atoms with van der Waals surface area (Å²) in [5.74, 6) is 0.319. The van der Waals surface area contributed by atoms with E-state index in [1.165, 1.54) is 5.56 Å². The molecule has 4 heteroatoms. The first-order valence-corrected chi connectivity index (χ1v) is 7.13. The summed E-state index contributed by atoms with van der Waals surface area (Å²) < 4.78 is 5.58. The van der Waals surface area contributed by atoms with Crippen LogP contribution in [0.15, 0.2) is 24.3 Å². The van der Waals surface area contributed by atoms with Crippen LogP contribution in [0.4, 0.5) is 5.82 Å². The average Bonchev–Trinajstić information content (AvgIpc) is 2.53. The highest BCUT2D eigenvalue weighted by molar-refractivity contribution is 5.81. The third kappa shape index (κ3) is 2.26. The van der Waals surface area contributed by atoms with Crippen LogP contribution in [0.3, 0.4) is 0 Å². The molecule has 0 bridgehead atoms. The Bertz CT molecular complexity index is 732. The van der Waals surface area contributed by atoms with Crippen molar-refractivity contribution in [2.24, 2.45) is 0 Å². The van der Waals surface area contributed by atoms with Gasteiger partial charge < -0.3 is 10.5 Å². The fourth-order valence-electron chi connectivity index (χ4n) is 2.88. The van der Waals surface area contributed by atoms with E-state index < -0.39 is 0 Å². The topological polar surface area (TPSA) is 71.9 Å². The van der Waals surface area contributed by atoms with E-state index in [9.17, 15) is 5.26 Å². The number of aryl methyl sites for hydroxylation is 1. The number of nitrogens with two attached hydrogens (primary N) is 1. The quantitative estimate of drug-likeness (QED) is 0.917. The zero-order chi connectivity index (χ0) is 14.8. The van der Waals surface area contributed by atoms with Crippen molar-refractivity contribution in [2.75, 3.05) is 12.3 Å². The Morgan fingerprint density at radius 2 is 2.19 bits per heavy atom. The van der Waals surface area contributed by atoms with E-state index in [1.54, 1.807) is 0 Å². The molecule has 4 nitrogen and oxygen atoms in total. The van der Waals surface area contributed by atoms with Crippen LogP contribution in [-0.4, -0.2) is 11.6 Å². The van der Waals surface area contributed by atoms with Crippen molar-refractivity contribution in [3.63, 3.8) is 0 Å². The number of nitrogen functional groups attached to an aromatic ring is 1. The molecule has 0 amide bonds. The standard InChI is InChI=1S/C17H17N3O/c1-2-11-5-3-4-6-12(11)16-13(9-18)17(19)20-15-7-8-21-10-14(15)16/h3-6H,2,7-8,10H2,1H3,(H2,19,20). The molecule has 0 fully saturated rings. The maximum absolute atomic E-state index is 9.51. The molecule has 21 heavy (non-hydrogen) atoms. The van der Waals surface area contributed by atoms with Gasteiger partial charge in [0, 0.05) is 17.5 Å². The van der Waals surface area contributed by atoms with Gasteiger partial charge in [0.1, 0.15) is 17.5 Å². The number of hydrogen-bond acceptors (Lipinski definition) is 4. The molecule has 0 unspecified atom stereocenters. The lowest BCUT2D eigenvalue weighted by Gasteiger charge is -2.22. The van der Waals surface area contributed by atoms with Crippen LogP contribution in [0.5, 0.6) is 0 Å². The molecule has 0 aliphatic carbocycles. The molecule has 1 aliphatic heterocycles. The molecule has 106 valence electrons. The van der Waals surface area contributed by atoms with Gasteiger partial charge in [-0.15, -0.1) is 0 Å². The highest BCUT2D eigenvalue weighted by atomic mass is 16.5. The number of anilines is 1. The van der Waals surface area contributed by atoms with Crippen LogP contribution >= 0.6 is 0 Å². The minimum atomic E-state index is 0.319. The van der Waals surface area contributed by atoms with Gasteiger partial charge >= 0.3 is 0 Å². The number of fused-ring (bicyclic) bond motifs is 1. The summed E-state index contributed by atoms with van der Waals surface area (Å²) >= 11 is 0. The number of aromatic nitrogens is 1. The van der Waals surface area contributed by atoms with Crippen molar-refractivity contribution in [3.8, 4) is 17.2 Å². The second-order valence-corrected chi connectivity index (χ2v) is 5.10. The molecule has 3 rings (SSSR count). The van der Waals surface area contributed by atoms with Gasteiger partial charge in [0.2, 0.25) is 0 Å². The fraction of sp³-hybridized carbons (Fsp3) is 0.294. The van der Waals surface area contributed by atoms with Gasteiger partial charge in [-0.05, 0) is 17.5 Å². The first-order valence-electron chi connectivity index (χ1n) is 7.13. The van der Waals surface area contributed by atoms with Crippen LogP contribution in [0.2, 0.25) is 0 Å². The highest BCUT2D eigenvalue weighted by Gasteiger charge is 2.23. The van der Waals surface area contributed by atoms with Gasteiger partial charge in [0.05, 0.1) is 18.9 Å². The Morgan fingerprint density at radius 1 is 1.38 bits per heavy atom. The van der Waals surface area contributed by atoms with Gasteiger partial charge in [-0.2, -0.15) is 5.26 Å². The molecule has 0 spiro atoms. The summed E-state index contributed by atoms with van der Waals surface area (Å²) in [6, 6.07) is 10.4. The van der Waals surface area contributed by atoms with Crippen molar-refractivity contribution in [3.05, 3.63) is 46.6 Å². The molecule has 0 saturated heterocycles. The first kappa shape index (κ1) is 13.6. The van der Waals surface area contributed by atoms with Crippen molar-refractivity contribution < 1.29 is 4.74 Å². The predicted molar refractivity (Wildman–Crippen MR) is 81.5 cm³/mol. The van der Waals surface area contributed by atoms with Gasteiger partial charge in [-0.1, -0.05) is 31.2 Å². The molecule has 0 atom stereocenters. The minimum absolute atomic E-state index is 0.319. The van der Waals surface area contributed by atoms with Gasteiger partial charge in [-0.3, -0.25) is 0 Å². The Balaban J connectivity index is 2.35. The average molecular weight is 279 g/mol. The smallest absolute Gasteiger partial charge is 0.142 e. The van der Waals surface area contributed by atoms with E-state index >= 15 is 0 Å². The Morgan fingerprint density at radius 3 is 2.95 bits per heavy atom.